The van der Waals surface area contributed by atoms with E-state index in [2.05, 4.69) is 25.7 Å². The van der Waals surface area contributed by atoms with Gasteiger partial charge in [0.25, 0.3) is 5.91 Å². The van der Waals surface area contributed by atoms with Crippen LogP contribution in [0.2, 0.25) is 0 Å². The van der Waals surface area contributed by atoms with Gasteiger partial charge in [0.05, 0.1) is 25.0 Å². The Labute approximate surface area is 316 Å². The molecule has 4 aliphatic rings. The number of cyclic esters (lactones) is 1. The number of ether oxygens (including phenoxy) is 2. The van der Waals surface area contributed by atoms with Gasteiger partial charge in [-0.15, -0.1) is 10.2 Å². The summed E-state index contributed by atoms with van der Waals surface area (Å²) in [4.78, 5) is 58.6. The quantitative estimate of drug-likeness (QED) is 0.373. The van der Waals surface area contributed by atoms with Crippen LogP contribution in [0.3, 0.4) is 0 Å². The van der Waals surface area contributed by atoms with Crippen molar-refractivity contribution in [3.05, 3.63) is 23.8 Å². The smallest absolute Gasteiger partial charge is 0.407 e. The Morgan fingerprint density at radius 2 is 1.89 bits per heavy atom. The lowest BCUT2D eigenvalue weighted by atomic mass is 9.85. The first-order valence-corrected chi connectivity index (χ1v) is 20.5. The van der Waals surface area contributed by atoms with Gasteiger partial charge < -0.3 is 25.0 Å². The number of nitrogens with zero attached hydrogens (tertiary/aromatic N) is 5. The second-order valence-corrected chi connectivity index (χ2v) is 19.2. The Morgan fingerprint density at radius 1 is 1.15 bits per heavy atom. The lowest BCUT2D eigenvalue weighted by Crippen LogP contribution is -2.60. The van der Waals surface area contributed by atoms with Gasteiger partial charge in [-0.25, -0.2) is 13.2 Å². The van der Waals surface area contributed by atoms with Crippen molar-refractivity contribution in [2.24, 2.45) is 16.7 Å². The van der Waals surface area contributed by atoms with Gasteiger partial charge in [-0.2, -0.15) is 4.80 Å². The molecule has 54 heavy (non-hydrogen) atoms. The Balaban J connectivity index is 1.34. The maximum atomic E-state index is 14.6. The average Bonchev–Trinajstić information content (AvgIpc) is 3.99. The second kappa shape index (κ2) is 14.8. The molecule has 2 aliphatic heterocycles. The molecule has 296 valence electrons. The number of methoxy groups -OCH3 is 1. The van der Waals surface area contributed by atoms with E-state index in [4.69, 9.17) is 14.6 Å². The van der Waals surface area contributed by atoms with Crippen molar-refractivity contribution in [2.75, 3.05) is 20.3 Å². The summed E-state index contributed by atoms with van der Waals surface area (Å²) < 4.78 is 39.0. The molecule has 2 aliphatic carbocycles. The van der Waals surface area contributed by atoms with Crippen LogP contribution in [0.5, 0.6) is 5.75 Å². The summed E-state index contributed by atoms with van der Waals surface area (Å²) in [6.45, 7) is 11.5. The molecule has 16 nitrogen and oxygen atoms in total. The fourth-order valence-corrected chi connectivity index (χ4v) is 8.97. The first-order valence-electron chi connectivity index (χ1n) is 19.0. The molecule has 6 bridgehead atoms. The highest BCUT2D eigenvalue weighted by atomic mass is 32.2. The zero-order valence-corrected chi connectivity index (χ0v) is 33.1. The van der Waals surface area contributed by atoms with Crippen molar-refractivity contribution >= 4 is 33.8 Å². The third kappa shape index (κ3) is 8.35. The predicted octanol–water partition coefficient (Wildman–Crippen LogP) is 3.28. The summed E-state index contributed by atoms with van der Waals surface area (Å²) in [6, 6.07) is 2.93. The third-order valence-corrected chi connectivity index (χ3v) is 13.0. The first-order chi connectivity index (χ1) is 25.4. The summed E-state index contributed by atoms with van der Waals surface area (Å²) in [6.07, 6.45) is 4.36. The Hall–Kier alpha value is -4.28. The zero-order chi connectivity index (χ0) is 39.2. The molecule has 3 heterocycles. The van der Waals surface area contributed by atoms with E-state index in [0.717, 1.165) is 42.6 Å². The molecule has 0 unspecified atom stereocenters. The van der Waals surface area contributed by atoms with Crippen LogP contribution in [0.1, 0.15) is 105 Å². The molecule has 3 fully saturated rings. The number of hydrogen-bond donors (Lipinski definition) is 3. The van der Waals surface area contributed by atoms with Crippen molar-refractivity contribution < 1.29 is 37.1 Å². The van der Waals surface area contributed by atoms with Gasteiger partial charge in [0.15, 0.2) is 0 Å². The summed E-state index contributed by atoms with van der Waals surface area (Å²) >= 11 is 0. The van der Waals surface area contributed by atoms with Crippen LogP contribution >= 0.6 is 0 Å². The van der Waals surface area contributed by atoms with Crippen molar-refractivity contribution in [3.63, 3.8) is 0 Å². The molecule has 4 amide bonds. The van der Waals surface area contributed by atoms with E-state index >= 15 is 0 Å². The summed E-state index contributed by atoms with van der Waals surface area (Å²) in [5, 5.41) is 18.4. The monoisotopic (exact) mass is 770 g/mol. The van der Waals surface area contributed by atoms with Crippen molar-refractivity contribution in [1.82, 2.24) is 40.5 Å². The van der Waals surface area contributed by atoms with Gasteiger partial charge >= 0.3 is 6.09 Å². The largest absolute Gasteiger partial charge is 0.496 e. The fourth-order valence-electron chi connectivity index (χ4n) is 7.60. The summed E-state index contributed by atoms with van der Waals surface area (Å²) in [5.74, 6) is -1.08. The first kappa shape index (κ1) is 39.4. The van der Waals surface area contributed by atoms with Crippen LogP contribution < -0.4 is 20.1 Å². The van der Waals surface area contributed by atoms with Gasteiger partial charge in [0.2, 0.25) is 27.7 Å². The Kier molecular flexibility index (Phi) is 10.8. The highest BCUT2D eigenvalue weighted by molar-refractivity contribution is 7.91. The van der Waals surface area contributed by atoms with Crippen molar-refractivity contribution in [2.45, 2.75) is 128 Å². The number of benzene rings is 1. The second-order valence-electron chi connectivity index (χ2n) is 17.2. The van der Waals surface area contributed by atoms with Gasteiger partial charge in [0, 0.05) is 18.5 Å². The number of tetrazole rings is 1. The summed E-state index contributed by atoms with van der Waals surface area (Å²) in [5.41, 5.74) is -0.838. The molecule has 1 aromatic carbocycles. The molecule has 0 spiro atoms. The lowest BCUT2D eigenvalue weighted by Gasteiger charge is -2.35. The Morgan fingerprint density at radius 3 is 2.54 bits per heavy atom. The lowest BCUT2D eigenvalue weighted by molar-refractivity contribution is -0.142. The zero-order valence-electron chi connectivity index (χ0n) is 32.3. The van der Waals surface area contributed by atoms with Gasteiger partial charge in [-0.3, -0.25) is 19.1 Å². The Bertz CT molecular complexity index is 1890. The minimum absolute atomic E-state index is 0.00336. The minimum atomic E-state index is -3.87. The standard InChI is InChI=1S/C37H54N8O8S/c1-8-24-19-37(24,33(48)42-54(50,51)26-13-14-26)39-31(46)27-18-25-20-44(27)32(47)29(35(2,3)4)38-34(49)53-21-36(5,6)16-10-9-11-22-17-23(12-15-28(22)52-7)30-40-43-45(25)41-30/h12,15,17,24-27,29H,8-11,13-14,16,18-21H2,1-7H3,(H,38,49)(H,39,46)(H,42,48)/t24-,25-,27+,29-,37-/m1/s1. The topological polar surface area (TPSA) is 204 Å². The molecule has 2 aromatic rings. The number of aryl methyl sites for hydroxylation is 1. The normalized spacial score (nSPS) is 27.6. The van der Waals surface area contributed by atoms with E-state index < -0.39 is 68.2 Å². The van der Waals surface area contributed by atoms with Gasteiger partial charge in [0.1, 0.15) is 23.4 Å². The highest BCUT2D eigenvalue weighted by Crippen LogP contribution is 2.47. The molecule has 3 N–H and O–H groups in total. The number of nitrogens with one attached hydrogen (secondary N) is 3. The molecular weight excluding hydrogens is 717 g/mol. The van der Waals surface area contributed by atoms with Crippen LogP contribution in [0.25, 0.3) is 11.4 Å². The van der Waals surface area contributed by atoms with E-state index in [0.29, 0.717) is 25.1 Å². The maximum Gasteiger partial charge on any atom is 0.407 e. The van der Waals surface area contributed by atoms with Crippen LogP contribution in [0.15, 0.2) is 18.2 Å². The highest BCUT2D eigenvalue weighted by Gasteiger charge is 2.62. The third-order valence-electron chi connectivity index (χ3n) is 11.2. The summed E-state index contributed by atoms with van der Waals surface area (Å²) in [7, 11) is -2.24. The van der Waals surface area contributed by atoms with Crippen LogP contribution in [-0.2, 0) is 35.6 Å². The molecule has 6 rings (SSSR count). The number of sulfonamides is 1. The maximum absolute atomic E-state index is 14.6. The van der Waals surface area contributed by atoms with Crippen LogP contribution in [0.4, 0.5) is 4.79 Å². The number of hydrogen-bond acceptors (Lipinski definition) is 11. The molecule has 17 heteroatoms. The van der Waals surface area contributed by atoms with E-state index in [1.54, 1.807) is 7.11 Å². The predicted molar refractivity (Wildman–Crippen MR) is 197 cm³/mol. The molecule has 2 saturated carbocycles. The molecular formula is C37H54N8O8S. The average molecular weight is 771 g/mol. The number of carbonyl (C=O) groups is 4. The van der Waals surface area contributed by atoms with Crippen molar-refractivity contribution in [1.29, 1.82) is 0 Å². The number of aromatic nitrogens is 4. The fraction of sp³-hybridized carbons (Fsp3) is 0.703. The van der Waals surface area contributed by atoms with Crippen LogP contribution in [0, 0.1) is 16.7 Å². The van der Waals surface area contributed by atoms with Gasteiger partial charge in [-0.05, 0) is 84.2 Å². The number of amides is 4. The van der Waals surface area contributed by atoms with Crippen molar-refractivity contribution in [3.8, 4) is 17.1 Å². The molecule has 5 atom stereocenters. The SMILES string of the molecule is CC[C@@H]1C[C@]1(NC(=O)[C@@H]1C[C@@H]2CN1C(=O)[C@H](C(C)(C)C)NC(=O)OCC(C)(C)CCCCc1cc(ccc1OC)-c1nnn2n1)C(=O)NS(=O)(=O)C1CC1. The molecule has 1 saturated heterocycles. The number of fused-ring (bicyclic) bond motifs is 8. The van der Waals surface area contributed by atoms with E-state index in [1.807, 2.05) is 59.7 Å². The van der Waals surface area contributed by atoms with E-state index in [9.17, 15) is 27.6 Å². The van der Waals surface area contributed by atoms with E-state index in [-0.39, 0.29) is 37.3 Å². The number of carbonyl (C=O) groups excluding carboxylic acids is 4. The van der Waals surface area contributed by atoms with Crippen LogP contribution in [-0.4, -0.2) is 100 Å². The number of rotatable bonds is 7. The number of alkyl carbamates (subject to hydrolysis) is 1. The molecule has 0 radical (unpaired) electrons. The van der Waals surface area contributed by atoms with Gasteiger partial charge in [-0.1, -0.05) is 54.4 Å². The molecule has 1 aromatic heterocycles. The minimum Gasteiger partial charge on any atom is -0.496 e. The van der Waals surface area contributed by atoms with E-state index in [1.165, 1.54) is 9.70 Å².